The van der Waals surface area contributed by atoms with Crippen LogP contribution in [0.15, 0.2) is 34.2 Å². The van der Waals surface area contributed by atoms with Crippen LogP contribution in [0.1, 0.15) is 28.9 Å². The number of guanidine groups is 1. The Hall–Kier alpha value is -3.30. The molecule has 0 aliphatic carbocycles. The number of nitrogen functional groups attached to an aromatic ring is 2. The van der Waals surface area contributed by atoms with E-state index in [1.54, 1.807) is 12.1 Å². The lowest BCUT2D eigenvalue weighted by Gasteiger charge is -2.29. The van der Waals surface area contributed by atoms with Gasteiger partial charge in [-0.3, -0.25) is 19.8 Å². The lowest BCUT2D eigenvalue weighted by Crippen LogP contribution is -2.43. The van der Waals surface area contributed by atoms with Gasteiger partial charge in [-0.2, -0.15) is 13.2 Å². The van der Waals surface area contributed by atoms with Crippen LogP contribution in [0.4, 0.5) is 24.8 Å². The van der Waals surface area contributed by atoms with Gasteiger partial charge in [-0.25, -0.2) is 15.0 Å². The van der Waals surface area contributed by atoms with E-state index in [1.807, 2.05) is 4.90 Å². The molecule has 0 spiro atoms. The third kappa shape index (κ3) is 8.65. The van der Waals surface area contributed by atoms with Crippen molar-refractivity contribution in [2.45, 2.75) is 35.8 Å². The molecule has 1 aliphatic rings. The zero-order valence-corrected chi connectivity index (χ0v) is 21.0. The highest BCUT2D eigenvalue weighted by Gasteiger charge is 2.30. The molecule has 3 rings (SSSR count). The average Bonchev–Trinajstić information content (AvgIpc) is 2.81. The number of rotatable bonds is 7. The Labute approximate surface area is 219 Å². The van der Waals surface area contributed by atoms with Crippen molar-refractivity contribution in [2.75, 3.05) is 31.1 Å². The fourth-order valence-electron chi connectivity index (χ4n) is 3.55. The molecule has 0 bridgehead atoms. The van der Waals surface area contributed by atoms with Gasteiger partial charge in [0.15, 0.2) is 28.4 Å². The van der Waals surface area contributed by atoms with Crippen molar-refractivity contribution in [1.82, 2.24) is 25.5 Å². The number of likely N-dealkylation sites (tertiary alicyclic amines) is 1. The lowest BCUT2D eigenvalue weighted by atomic mass is 10.1. The van der Waals surface area contributed by atoms with Crippen LogP contribution in [0.3, 0.4) is 0 Å². The summed E-state index contributed by atoms with van der Waals surface area (Å²) in [5.74, 6) is -1.49. The number of aromatic nitrogens is 2. The molecule has 200 valence electrons. The average molecular weight is 560 g/mol. The summed E-state index contributed by atoms with van der Waals surface area (Å²) >= 11 is 5.57. The molecule has 0 unspecified atom stereocenters. The van der Waals surface area contributed by atoms with Crippen LogP contribution in [-0.4, -0.2) is 63.8 Å². The van der Waals surface area contributed by atoms with Gasteiger partial charge in [-0.05, 0) is 36.2 Å². The monoisotopic (exact) mass is 559 g/mol. The van der Waals surface area contributed by atoms with Gasteiger partial charge in [0.1, 0.15) is 0 Å². The normalized spacial score (nSPS) is 15.4. The first-order chi connectivity index (χ1) is 17.4. The van der Waals surface area contributed by atoms with E-state index in [0.717, 1.165) is 0 Å². The zero-order chi connectivity index (χ0) is 27.2. The van der Waals surface area contributed by atoms with Crippen LogP contribution in [0.2, 0.25) is 5.15 Å². The van der Waals surface area contributed by atoms with Crippen molar-refractivity contribution in [1.29, 1.82) is 0 Å². The topological polar surface area (TPSA) is 178 Å². The molecule has 2 aromatic rings. The van der Waals surface area contributed by atoms with Crippen molar-refractivity contribution in [3.05, 3.63) is 40.7 Å². The molecule has 0 radical (unpaired) electrons. The van der Waals surface area contributed by atoms with Crippen molar-refractivity contribution in [2.24, 2.45) is 10.7 Å². The first-order valence-corrected chi connectivity index (χ1v) is 12.2. The predicted molar refractivity (Wildman–Crippen MR) is 135 cm³/mol. The van der Waals surface area contributed by atoms with Crippen molar-refractivity contribution < 1.29 is 22.8 Å². The molecular weight excluding hydrogens is 535 g/mol. The molecule has 1 aliphatic heterocycles. The van der Waals surface area contributed by atoms with Crippen LogP contribution in [0.5, 0.6) is 0 Å². The minimum Gasteiger partial charge on any atom is -0.382 e. The molecule has 0 saturated carbocycles. The minimum atomic E-state index is -4.41. The molecule has 11 nitrogen and oxygen atoms in total. The van der Waals surface area contributed by atoms with Crippen molar-refractivity contribution >= 4 is 52.8 Å². The first-order valence-electron chi connectivity index (χ1n) is 11.0. The number of carbonyl (C=O) groups is 2. The number of anilines is 2. The maximum absolute atomic E-state index is 12.7. The Balaban J connectivity index is 1.45. The molecule has 1 saturated heterocycles. The molecule has 1 aromatic heterocycles. The maximum atomic E-state index is 12.7. The number of piperidine rings is 1. The van der Waals surface area contributed by atoms with Crippen LogP contribution in [0, 0.1) is 0 Å². The quantitative estimate of drug-likeness (QED) is 0.192. The number of hydrogen-bond donors (Lipinski definition) is 5. The molecule has 1 aromatic carbocycles. The van der Waals surface area contributed by atoms with E-state index in [-0.39, 0.29) is 70.1 Å². The highest BCUT2D eigenvalue weighted by Crippen LogP contribution is 2.38. The fraction of sp³-hybridized carbons (Fsp3) is 0.381. The number of aliphatic imine (C=N–C) groups is 1. The Morgan fingerprint density at radius 1 is 1.16 bits per heavy atom. The molecule has 2 amide bonds. The Morgan fingerprint density at radius 3 is 2.51 bits per heavy atom. The number of thioether (sulfide) groups is 1. The van der Waals surface area contributed by atoms with E-state index in [2.05, 4.69) is 25.6 Å². The second-order valence-corrected chi connectivity index (χ2v) is 9.51. The van der Waals surface area contributed by atoms with E-state index >= 15 is 0 Å². The number of benzene rings is 1. The molecule has 16 heteroatoms. The summed E-state index contributed by atoms with van der Waals surface area (Å²) in [5, 5.41) is 4.88. The van der Waals surface area contributed by atoms with Gasteiger partial charge in [-0.1, -0.05) is 29.8 Å². The second kappa shape index (κ2) is 12.3. The Morgan fingerprint density at radius 2 is 1.84 bits per heavy atom. The summed E-state index contributed by atoms with van der Waals surface area (Å²) in [6.07, 6.45) is 1.15. The Bertz CT molecular complexity index is 1170. The van der Waals surface area contributed by atoms with Crippen LogP contribution in [-0.2, 0) is 11.3 Å². The maximum Gasteiger partial charge on any atom is 0.446 e. The summed E-state index contributed by atoms with van der Waals surface area (Å²) in [6.45, 7) is 1.15. The van der Waals surface area contributed by atoms with E-state index < -0.39 is 11.4 Å². The molecule has 0 atom stereocenters. The van der Waals surface area contributed by atoms with Gasteiger partial charge in [-0.15, -0.1) is 0 Å². The standard InChI is InChI=1S/C21H25ClF3N9O2S/c22-16-18(27)32-17(26)15(31-16)19(36)33-20(28)30-12-5-7-34(8-6-12)10-14(35)29-9-11-3-1-2-4-13(11)37-21(23,24)25/h1-4,12H,5-10H2,(H,29,35)(H4,26,27,32)(H3,28,30,33,36). The summed E-state index contributed by atoms with van der Waals surface area (Å²) in [6, 6.07) is 5.86. The number of alkyl halides is 3. The Kier molecular flexibility index (Phi) is 9.39. The number of hydrogen-bond acceptors (Lipinski definition) is 9. The molecule has 2 heterocycles. The summed E-state index contributed by atoms with van der Waals surface area (Å²) in [5.41, 5.74) is 12.7. The fourth-order valence-corrected chi connectivity index (χ4v) is 4.34. The number of carbonyl (C=O) groups excluding carboxylic acids is 2. The summed E-state index contributed by atoms with van der Waals surface area (Å²) < 4.78 is 38.2. The second-order valence-electron chi connectivity index (χ2n) is 8.04. The predicted octanol–water partition coefficient (Wildman–Crippen LogP) is 1.73. The van der Waals surface area contributed by atoms with Crippen molar-refractivity contribution in [3.8, 4) is 0 Å². The third-order valence-electron chi connectivity index (χ3n) is 5.28. The zero-order valence-electron chi connectivity index (χ0n) is 19.4. The van der Waals surface area contributed by atoms with Gasteiger partial charge in [0, 0.05) is 24.5 Å². The number of nitrogens with two attached hydrogens (primary N) is 3. The smallest absolute Gasteiger partial charge is 0.382 e. The molecular formula is C21H25ClF3N9O2S. The van der Waals surface area contributed by atoms with Gasteiger partial charge in [0.25, 0.3) is 5.91 Å². The van der Waals surface area contributed by atoms with Gasteiger partial charge in [0.2, 0.25) is 5.91 Å². The number of nitrogens with zero attached hydrogens (tertiary/aromatic N) is 4. The van der Waals surface area contributed by atoms with Gasteiger partial charge in [0.05, 0.1) is 12.6 Å². The van der Waals surface area contributed by atoms with Crippen LogP contribution in [0.25, 0.3) is 0 Å². The SMILES string of the molecule is NC(=NC1CCN(CC(=O)NCc2ccccc2SC(F)(F)F)CC1)NC(=O)c1nc(Cl)c(N)nc1N. The van der Waals surface area contributed by atoms with E-state index in [1.165, 1.54) is 12.1 Å². The summed E-state index contributed by atoms with van der Waals surface area (Å²) in [4.78, 5) is 38.5. The van der Waals surface area contributed by atoms with Crippen molar-refractivity contribution in [3.63, 3.8) is 0 Å². The highest BCUT2D eigenvalue weighted by atomic mass is 35.5. The molecule has 1 fully saturated rings. The third-order valence-corrected chi connectivity index (χ3v) is 6.41. The first kappa shape index (κ1) is 28.3. The van der Waals surface area contributed by atoms with E-state index in [0.29, 0.717) is 31.5 Å². The minimum absolute atomic E-state index is 0.0107. The van der Waals surface area contributed by atoms with Gasteiger partial charge < -0.3 is 22.5 Å². The number of nitrogens with one attached hydrogen (secondary N) is 2. The highest BCUT2D eigenvalue weighted by molar-refractivity contribution is 8.00. The molecule has 8 N–H and O–H groups in total. The lowest BCUT2D eigenvalue weighted by molar-refractivity contribution is -0.122. The summed E-state index contributed by atoms with van der Waals surface area (Å²) in [7, 11) is 0. The van der Waals surface area contributed by atoms with Gasteiger partial charge >= 0.3 is 5.51 Å². The van der Waals surface area contributed by atoms with E-state index in [4.69, 9.17) is 28.8 Å². The molecule has 37 heavy (non-hydrogen) atoms. The number of halogens is 4. The van der Waals surface area contributed by atoms with Crippen LogP contribution >= 0.6 is 23.4 Å². The van der Waals surface area contributed by atoms with Crippen LogP contribution < -0.4 is 27.8 Å². The largest absolute Gasteiger partial charge is 0.446 e. The van der Waals surface area contributed by atoms with E-state index in [9.17, 15) is 22.8 Å². The number of amides is 2.